The number of carboxylic acid groups (broad SMARTS) is 1. The van der Waals surface area contributed by atoms with Crippen molar-refractivity contribution in [3.8, 4) is 0 Å². The second kappa shape index (κ2) is 5.82. The highest BCUT2D eigenvalue weighted by Gasteiger charge is 2.24. The lowest BCUT2D eigenvalue weighted by Crippen LogP contribution is -2.35. The Balaban J connectivity index is 2.75. The maximum Gasteiger partial charge on any atom is 0.305 e. The molecule has 0 aliphatic carbocycles. The number of hydrogen-bond donors (Lipinski definition) is 2. The number of carbonyl (C=O) groups is 1. The normalized spacial score (nSPS) is 14.3. The van der Waals surface area contributed by atoms with Crippen LogP contribution in [0.1, 0.15) is 44.2 Å². The molecule has 1 aromatic carbocycles. The van der Waals surface area contributed by atoms with E-state index in [0.29, 0.717) is 0 Å². The van der Waals surface area contributed by atoms with Gasteiger partial charge in [-0.15, -0.1) is 0 Å². The molecule has 1 rings (SSSR count). The minimum Gasteiger partial charge on any atom is -0.481 e. The molecule has 1 atom stereocenters. The van der Waals surface area contributed by atoms with Crippen LogP contribution in [-0.4, -0.2) is 11.1 Å². The zero-order chi connectivity index (χ0) is 12.9. The SMILES string of the molecule is CCCCc1ccc([C@](C)(N)CC(=O)O)cc1. The van der Waals surface area contributed by atoms with Crippen molar-refractivity contribution < 1.29 is 9.90 Å². The number of hydrogen-bond acceptors (Lipinski definition) is 2. The van der Waals surface area contributed by atoms with Crippen LogP contribution in [0, 0.1) is 0 Å². The van der Waals surface area contributed by atoms with Crippen LogP contribution in [-0.2, 0) is 16.8 Å². The van der Waals surface area contributed by atoms with Crippen molar-refractivity contribution in [2.45, 2.75) is 45.1 Å². The van der Waals surface area contributed by atoms with E-state index in [0.717, 1.165) is 12.0 Å². The molecule has 3 N–H and O–H groups in total. The van der Waals surface area contributed by atoms with Gasteiger partial charge in [0.2, 0.25) is 0 Å². The van der Waals surface area contributed by atoms with E-state index in [2.05, 4.69) is 6.92 Å². The van der Waals surface area contributed by atoms with Gasteiger partial charge in [0.15, 0.2) is 0 Å². The predicted octanol–water partition coefficient (Wildman–Crippen LogP) is 2.68. The van der Waals surface area contributed by atoms with Crippen LogP contribution >= 0.6 is 0 Å². The molecule has 0 unspecified atom stereocenters. The van der Waals surface area contributed by atoms with E-state index in [1.807, 2.05) is 24.3 Å². The molecule has 3 heteroatoms. The van der Waals surface area contributed by atoms with Crippen LogP contribution in [0.25, 0.3) is 0 Å². The van der Waals surface area contributed by atoms with Crippen molar-refractivity contribution in [3.63, 3.8) is 0 Å². The summed E-state index contributed by atoms with van der Waals surface area (Å²) >= 11 is 0. The molecule has 1 aromatic rings. The zero-order valence-corrected chi connectivity index (χ0v) is 10.6. The molecule has 0 spiro atoms. The van der Waals surface area contributed by atoms with Gasteiger partial charge in [-0.1, -0.05) is 37.6 Å². The summed E-state index contributed by atoms with van der Waals surface area (Å²) in [7, 11) is 0. The van der Waals surface area contributed by atoms with E-state index in [1.165, 1.54) is 18.4 Å². The molecule has 0 bridgehead atoms. The van der Waals surface area contributed by atoms with E-state index in [9.17, 15) is 4.79 Å². The lowest BCUT2D eigenvalue weighted by molar-refractivity contribution is -0.138. The molecule has 0 amide bonds. The number of rotatable bonds is 6. The van der Waals surface area contributed by atoms with Gasteiger partial charge < -0.3 is 10.8 Å². The fraction of sp³-hybridized carbons (Fsp3) is 0.500. The van der Waals surface area contributed by atoms with Gasteiger partial charge in [0.05, 0.1) is 6.42 Å². The van der Waals surface area contributed by atoms with Gasteiger partial charge in [-0.2, -0.15) is 0 Å². The molecule has 0 radical (unpaired) electrons. The van der Waals surface area contributed by atoms with Crippen molar-refractivity contribution in [1.29, 1.82) is 0 Å². The standard InChI is InChI=1S/C14H21NO2/c1-3-4-5-11-6-8-12(9-7-11)14(2,15)10-13(16)17/h6-9H,3-5,10,15H2,1-2H3,(H,16,17)/t14-/m1/s1. The van der Waals surface area contributed by atoms with Gasteiger partial charge in [-0.25, -0.2) is 0 Å². The molecule has 0 aliphatic rings. The highest BCUT2D eigenvalue weighted by molar-refractivity contribution is 5.68. The molecule has 0 aliphatic heterocycles. The van der Waals surface area contributed by atoms with Crippen molar-refractivity contribution in [2.24, 2.45) is 5.73 Å². The molecule has 0 saturated heterocycles. The first kappa shape index (κ1) is 13.7. The van der Waals surface area contributed by atoms with Crippen LogP contribution in [0.3, 0.4) is 0 Å². The first-order valence-corrected chi connectivity index (χ1v) is 6.06. The summed E-state index contributed by atoms with van der Waals surface area (Å²) in [6.07, 6.45) is 3.36. The Labute approximate surface area is 103 Å². The maximum atomic E-state index is 10.7. The largest absolute Gasteiger partial charge is 0.481 e. The Kier molecular flexibility index (Phi) is 4.70. The molecular weight excluding hydrogens is 214 g/mol. The third-order valence-corrected chi connectivity index (χ3v) is 2.95. The number of nitrogens with two attached hydrogens (primary N) is 1. The molecule has 0 aromatic heterocycles. The van der Waals surface area contributed by atoms with Gasteiger partial charge in [-0.05, 0) is 30.9 Å². The minimum atomic E-state index is -0.870. The second-order valence-electron chi connectivity index (χ2n) is 4.79. The Bertz CT molecular complexity index is 368. The van der Waals surface area contributed by atoms with E-state index in [1.54, 1.807) is 6.92 Å². The highest BCUT2D eigenvalue weighted by Crippen LogP contribution is 2.22. The predicted molar refractivity (Wildman–Crippen MR) is 68.8 cm³/mol. The average molecular weight is 235 g/mol. The van der Waals surface area contributed by atoms with Crippen LogP contribution < -0.4 is 5.73 Å². The highest BCUT2D eigenvalue weighted by atomic mass is 16.4. The van der Waals surface area contributed by atoms with Crippen LogP contribution in [0.15, 0.2) is 24.3 Å². The fourth-order valence-electron chi connectivity index (χ4n) is 1.85. The van der Waals surface area contributed by atoms with E-state index in [-0.39, 0.29) is 6.42 Å². The summed E-state index contributed by atoms with van der Waals surface area (Å²) in [5, 5.41) is 8.80. The van der Waals surface area contributed by atoms with Crippen LogP contribution in [0.4, 0.5) is 0 Å². The maximum absolute atomic E-state index is 10.7. The first-order valence-electron chi connectivity index (χ1n) is 6.06. The number of carboxylic acids is 1. The number of benzene rings is 1. The van der Waals surface area contributed by atoms with Crippen molar-refractivity contribution in [3.05, 3.63) is 35.4 Å². The van der Waals surface area contributed by atoms with Gasteiger partial charge in [-0.3, -0.25) is 4.79 Å². The Morgan fingerprint density at radius 1 is 1.35 bits per heavy atom. The third kappa shape index (κ3) is 4.19. The quantitative estimate of drug-likeness (QED) is 0.796. The van der Waals surface area contributed by atoms with Gasteiger partial charge in [0.25, 0.3) is 0 Å². The van der Waals surface area contributed by atoms with E-state index >= 15 is 0 Å². The average Bonchev–Trinajstić information content (AvgIpc) is 2.25. The second-order valence-corrected chi connectivity index (χ2v) is 4.79. The summed E-state index contributed by atoms with van der Waals surface area (Å²) < 4.78 is 0. The molecule has 94 valence electrons. The molecule has 0 saturated carbocycles. The summed E-state index contributed by atoms with van der Waals surface area (Å²) in [6.45, 7) is 3.92. The molecule has 0 heterocycles. The summed E-state index contributed by atoms with van der Waals surface area (Å²) in [5.41, 5.74) is 7.37. The summed E-state index contributed by atoms with van der Waals surface area (Å²) in [6, 6.07) is 7.96. The molecule has 0 fully saturated rings. The van der Waals surface area contributed by atoms with Crippen LogP contribution in [0.5, 0.6) is 0 Å². The van der Waals surface area contributed by atoms with E-state index in [4.69, 9.17) is 10.8 Å². The van der Waals surface area contributed by atoms with E-state index < -0.39 is 11.5 Å². The fourth-order valence-corrected chi connectivity index (χ4v) is 1.85. The number of aliphatic carboxylic acids is 1. The van der Waals surface area contributed by atoms with Gasteiger partial charge >= 0.3 is 5.97 Å². The number of aryl methyl sites for hydroxylation is 1. The minimum absolute atomic E-state index is 0.0543. The van der Waals surface area contributed by atoms with Crippen molar-refractivity contribution in [2.75, 3.05) is 0 Å². The summed E-state index contributed by atoms with van der Waals surface area (Å²) in [5.74, 6) is -0.870. The monoisotopic (exact) mass is 235 g/mol. The lowest BCUT2D eigenvalue weighted by Gasteiger charge is -2.23. The van der Waals surface area contributed by atoms with Crippen LogP contribution in [0.2, 0.25) is 0 Å². The van der Waals surface area contributed by atoms with Crippen molar-refractivity contribution >= 4 is 5.97 Å². The Morgan fingerprint density at radius 3 is 2.41 bits per heavy atom. The lowest BCUT2D eigenvalue weighted by atomic mass is 9.89. The topological polar surface area (TPSA) is 63.3 Å². The molecular formula is C14H21NO2. The molecule has 17 heavy (non-hydrogen) atoms. The van der Waals surface area contributed by atoms with Gasteiger partial charge in [0.1, 0.15) is 0 Å². The Morgan fingerprint density at radius 2 is 1.94 bits per heavy atom. The Hall–Kier alpha value is -1.35. The van der Waals surface area contributed by atoms with Crippen molar-refractivity contribution in [1.82, 2.24) is 0 Å². The smallest absolute Gasteiger partial charge is 0.305 e. The third-order valence-electron chi connectivity index (χ3n) is 2.95. The first-order chi connectivity index (χ1) is 7.95. The zero-order valence-electron chi connectivity index (χ0n) is 10.6. The summed E-state index contributed by atoms with van der Waals surface area (Å²) in [4.78, 5) is 10.7. The number of unbranched alkanes of at least 4 members (excludes halogenated alkanes) is 1. The van der Waals surface area contributed by atoms with Gasteiger partial charge in [0, 0.05) is 5.54 Å². The molecule has 3 nitrogen and oxygen atoms in total.